The molecule has 0 aliphatic heterocycles. The number of rotatable bonds is 8. The standard InChI is InChI=1S/C16H23NO3/c1-12(6-7-16(19)20)8-9-17-15(18)11-14-5-3-4-13(2)10-14/h3-5,10,12H,6-9,11H2,1-2H3,(H,17,18)(H,19,20). The highest BCUT2D eigenvalue weighted by atomic mass is 16.4. The smallest absolute Gasteiger partial charge is 0.303 e. The predicted octanol–water partition coefficient (Wildman–Crippen LogP) is 2.54. The second kappa shape index (κ2) is 8.35. The summed E-state index contributed by atoms with van der Waals surface area (Å²) in [6.45, 7) is 4.62. The van der Waals surface area contributed by atoms with Crippen LogP contribution in [-0.2, 0) is 16.0 Å². The lowest BCUT2D eigenvalue weighted by molar-refractivity contribution is -0.137. The van der Waals surface area contributed by atoms with Crippen molar-refractivity contribution in [2.24, 2.45) is 5.92 Å². The molecule has 0 heterocycles. The van der Waals surface area contributed by atoms with E-state index >= 15 is 0 Å². The summed E-state index contributed by atoms with van der Waals surface area (Å²) in [4.78, 5) is 22.2. The Morgan fingerprint density at radius 2 is 2.05 bits per heavy atom. The van der Waals surface area contributed by atoms with Gasteiger partial charge in [0.15, 0.2) is 0 Å². The molecule has 0 spiro atoms. The molecule has 0 aliphatic carbocycles. The minimum absolute atomic E-state index is 0.0148. The summed E-state index contributed by atoms with van der Waals surface area (Å²) < 4.78 is 0. The molecule has 0 radical (unpaired) electrons. The zero-order valence-corrected chi connectivity index (χ0v) is 12.2. The Kier molecular flexibility index (Phi) is 6.77. The third-order valence-corrected chi connectivity index (χ3v) is 3.26. The SMILES string of the molecule is Cc1cccc(CC(=O)NCCC(C)CCC(=O)O)c1. The van der Waals surface area contributed by atoms with Gasteiger partial charge in [0.25, 0.3) is 0 Å². The molecule has 0 fully saturated rings. The molecular formula is C16H23NO3. The highest BCUT2D eigenvalue weighted by Gasteiger charge is 2.07. The average Bonchev–Trinajstić information content (AvgIpc) is 2.36. The van der Waals surface area contributed by atoms with E-state index in [9.17, 15) is 9.59 Å². The highest BCUT2D eigenvalue weighted by molar-refractivity contribution is 5.78. The van der Waals surface area contributed by atoms with Crippen molar-refractivity contribution in [2.75, 3.05) is 6.54 Å². The maximum Gasteiger partial charge on any atom is 0.303 e. The first-order chi connectivity index (χ1) is 9.47. The van der Waals surface area contributed by atoms with E-state index in [1.807, 2.05) is 38.1 Å². The van der Waals surface area contributed by atoms with Crippen LogP contribution >= 0.6 is 0 Å². The first kappa shape index (κ1) is 16.2. The lowest BCUT2D eigenvalue weighted by Gasteiger charge is -2.11. The van der Waals surface area contributed by atoms with Gasteiger partial charge in [0, 0.05) is 13.0 Å². The number of aliphatic carboxylic acids is 1. The van der Waals surface area contributed by atoms with Crippen LogP contribution in [0, 0.1) is 12.8 Å². The summed E-state index contributed by atoms with van der Waals surface area (Å²) >= 11 is 0. The molecule has 0 saturated carbocycles. The fourth-order valence-electron chi connectivity index (χ4n) is 2.04. The van der Waals surface area contributed by atoms with Gasteiger partial charge in [-0.3, -0.25) is 9.59 Å². The highest BCUT2D eigenvalue weighted by Crippen LogP contribution is 2.09. The summed E-state index contributed by atoms with van der Waals surface area (Å²) in [7, 11) is 0. The Morgan fingerprint density at radius 1 is 1.30 bits per heavy atom. The van der Waals surface area contributed by atoms with E-state index in [4.69, 9.17) is 5.11 Å². The van der Waals surface area contributed by atoms with Gasteiger partial charge < -0.3 is 10.4 Å². The van der Waals surface area contributed by atoms with Crippen molar-refractivity contribution in [3.05, 3.63) is 35.4 Å². The molecule has 1 rings (SSSR count). The van der Waals surface area contributed by atoms with E-state index in [1.165, 1.54) is 0 Å². The van der Waals surface area contributed by atoms with E-state index in [0.717, 1.165) is 17.5 Å². The van der Waals surface area contributed by atoms with Crippen LogP contribution in [0.25, 0.3) is 0 Å². The third kappa shape index (κ3) is 6.92. The van der Waals surface area contributed by atoms with Crippen molar-refractivity contribution in [1.29, 1.82) is 0 Å². The summed E-state index contributed by atoms with van der Waals surface area (Å²) in [5.74, 6) is -0.438. The Bertz CT molecular complexity index is 457. The van der Waals surface area contributed by atoms with Crippen molar-refractivity contribution in [3.63, 3.8) is 0 Å². The number of amides is 1. The molecule has 2 N–H and O–H groups in total. The number of carboxylic acids is 1. The van der Waals surface area contributed by atoms with Crippen molar-refractivity contribution >= 4 is 11.9 Å². The molecule has 1 atom stereocenters. The van der Waals surface area contributed by atoms with Crippen LogP contribution in [0.5, 0.6) is 0 Å². The van der Waals surface area contributed by atoms with Crippen LogP contribution in [0.15, 0.2) is 24.3 Å². The Hall–Kier alpha value is -1.84. The van der Waals surface area contributed by atoms with Crippen LogP contribution in [0.1, 0.15) is 37.3 Å². The van der Waals surface area contributed by atoms with Crippen LogP contribution < -0.4 is 5.32 Å². The van der Waals surface area contributed by atoms with Crippen LogP contribution in [0.4, 0.5) is 0 Å². The molecule has 1 unspecified atom stereocenters. The first-order valence-electron chi connectivity index (χ1n) is 7.01. The minimum atomic E-state index is -0.764. The van der Waals surface area contributed by atoms with Gasteiger partial charge in [-0.2, -0.15) is 0 Å². The molecule has 110 valence electrons. The number of nitrogens with one attached hydrogen (secondary N) is 1. The maximum atomic E-state index is 11.8. The van der Waals surface area contributed by atoms with Crippen molar-refractivity contribution < 1.29 is 14.7 Å². The molecule has 0 saturated heterocycles. The minimum Gasteiger partial charge on any atom is -0.481 e. The molecule has 20 heavy (non-hydrogen) atoms. The predicted molar refractivity (Wildman–Crippen MR) is 78.5 cm³/mol. The van der Waals surface area contributed by atoms with Gasteiger partial charge in [-0.1, -0.05) is 36.8 Å². The Morgan fingerprint density at radius 3 is 2.70 bits per heavy atom. The number of carboxylic acid groups (broad SMARTS) is 1. The molecular weight excluding hydrogens is 254 g/mol. The van der Waals surface area contributed by atoms with Gasteiger partial charge in [0.1, 0.15) is 0 Å². The fourth-order valence-corrected chi connectivity index (χ4v) is 2.04. The normalized spacial score (nSPS) is 11.9. The van der Waals surface area contributed by atoms with Gasteiger partial charge in [-0.15, -0.1) is 0 Å². The zero-order valence-electron chi connectivity index (χ0n) is 12.2. The second-order valence-electron chi connectivity index (χ2n) is 5.34. The summed E-state index contributed by atoms with van der Waals surface area (Å²) in [5.41, 5.74) is 2.17. The Labute approximate surface area is 120 Å². The van der Waals surface area contributed by atoms with Crippen LogP contribution in [0.2, 0.25) is 0 Å². The van der Waals surface area contributed by atoms with E-state index < -0.39 is 5.97 Å². The van der Waals surface area contributed by atoms with E-state index in [-0.39, 0.29) is 12.3 Å². The molecule has 0 aliphatic rings. The fraction of sp³-hybridized carbons (Fsp3) is 0.500. The number of carbonyl (C=O) groups excluding carboxylic acids is 1. The maximum absolute atomic E-state index is 11.8. The van der Waals surface area contributed by atoms with Gasteiger partial charge in [-0.25, -0.2) is 0 Å². The summed E-state index contributed by atoms with van der Waals surface area (Å²) in [6.07, 6.45) is 2.06. The van der Waals surface area contributed by atoms with Gasteiger partial charge >= 0.3 is 5.97 Å². The number of aryl methyl sites for hydroxylation is 1. The summed E-state index contributed by atoms with van der Waals surface area (Å²) in [5, 5.41) is 11.5. The zero-order chi connectivity index (χ0) is 15.0. The number of hydrogen-bond donors (Lipinski definition) is 2. The molecule has 1 aromatic carbocycles. The van der Waals surface area contributed by atoms with E-state index in [2.05, 4.69) is 5.32 Å². The molecule has 0 bridgehead atoms. The molecule has 1 amide bonds. The lowest BCUT2D eigenvalue weighted by Crippen LogP contribution is -2.27. The molecule has 0 aromatic heterocycles. The van der Waals surface area contributed by atoms with Crippen molar-refractivity contribution in [1.82, 2.24) is 5.32 Å². The lowest BCUT2D eigenvalue weighted by atomic mass is 10.0. The van der Waals surface area contributed by atoms with Crippen LogP contribution in [-0.4, -0.2) is 23.5 Å². The number of carbonyl (C=O) groups is 2. The van der Waals surface area contributed by atoms with Gasteiger partial charge in [0.05, 0.1) is 6.42 Å². The number of benzene rings is 1. The van der Waals surface area contributed by atoms with E-state index in [1.54, 1.807) is 0 Å². The van der Waals surface area contributed by atoms with Crippen molar-refractivity contribution in [2.45, 2.75) is 39.5 Å². The first-order valence-corrected chi connectivity index (χ1v) is 7.01. The molecule has 4 heteroatoms. The van der Waals surface area contributed by atoms with Gasteiger partial charge in [0.2, 0.25) is 5.91 Å². The summed E-state index contributed by atoms with van der Waals surface area (Å²) in [6, 6.07) is 7.91. The Balaban J connectivity index is 2.21. The second-order valence-corrected chi connectivity index (χ2v) is 5.34. The monoisotopic (exact) mass is 277 g/mol. The largest absolute Gasteiger partial charge is 0.481 e. The van der Waals surface area contributed by atoms with E-state index in [0.29, 0.717) is 25.3 Å². The van der Waals surface area contributed by atoms with Crippen LogP contribution in [0.3, 0.4) is 0 Å². The topological polar surface area (TPSA) is 66.4 Å². The van der Waals surface area contributed by atoms with Gasteiger partial charge in [-0.05, 0) is 31.2 Å². The quantitative estimate of drug-likeness (QED) is 0.767. The van der Waals surface area contributed by atoms with Crippen molar-refractivity contribution in [3.8, 4) is 0 Å². The molecule has 4 nitrogen and oxygen atoms in total. The average molecular weight is 277 g/mol. The number of hydrogen-bond acceptors (Lipinski definition) is 2. The molecule has 1 aromatic rings. The third-order valence-electron chi connectivity index (χ3n) is 3.26.